The van der Waals surface area contributed by atoms with Gasteiger partial charge < -0.3 is 4.74 Å². The van der Waals surface area contributed by atoms with Crippen molar-refractivity contribution in [1.29, 1.82) is 0 Å². The van der Waals surface area contributed by atoms with Crippen molar-refractivity contribution < 1.29 is 9.53 Å². The lowest BCUT2D eigenvalue weighted by Crippen LogP contribution is -2.43. The van der Waals surface area contributed by atoms with Crippen molar-refractivity contribution in [2.24, 2.45) is 16.8 Å². The van der Waals surface area contributed by atoms with E-state index in [1.54, 1.807) is 0 Å². The van der Waals surface area contributed by atoms with Crippen molar-refractivity contribution in [2.75, 3.05) is 0 Å². The molecule has 1 saturated carbocycles. The molecule has 3 heteroatoms. The van der Waals surface area contributed by atoms with Crippen molar-refractivity contribution in [3.05, 3.63) is 35.9 Å². The van der Waals surface area contributed by atoms with Gasteiger partial charge >= 0.3 is 5.97 Å². The SMILES string of the molecule is CC(C)[C@@H]1OC(=O)[C@@]2(C[C@H]2C)N=C1c1ccccc1. The zero-order valence-corrected chi connectivity index (χ0v) is 11.6. The van der Waals surface area contributed by atoms with Gasteiger partial charge in [-0.1, -0.05) is 51.1 Å². The van der Waals surface area contributed by atoms with Gasteiger partial charge in [-0.25, -0.2) is 4.79 Å². The highest BCUT2D eigenvalue weighted by atomic mass is 16.5. The van der Waals surface area contributed by atoms with Gasteiger partial charge in [-0.3, -0.25) is 4.99 Å². The summed E-state index contributed by atoms with van der Waals surface area (Å²) in [6.07, 6.45) is 0.584. The number of hydrogen-bond acceptors (Lipinski definition) is 3. The monoisotopic (exact) mass is 257 g/mol. The summed E-state index contributed by atoms with van der Waals surface area (Å²) in [5, 5.41) is 0. The second-order valence-electron chi connectivity index (χ2n) is 5.96. The number of carbonyl (C=O) groups excluding carboxylic acids is 1. The number of aliphatic imine (C=N–C) groups is 1. The summed E-state index contributed by atoms with van der Waals surface area (Å²) in [4.78, 5) is 17.0. The standard InChI is InChI=1S/C16H19NO2/c1-10(2)14-13(12-7-5-4-6-8-12)17-16(9-11(16)3)15(18)19-14/h4-8,10-11,14H,9H2,1-3H3/t11-,14+,16+/m1/s1. The van der Waals surface area contributed by atoms with E-state index >= 15 is 0 Å². The maximum atomic E-state index is 12.2. The molecule has 1 aromatic rings. The van der Waals surface area contributed by atoms with Gasteiger partial charge in [-0.2, -0.15) is 0 Å². The molecule has 0 saturated heterocycles. The van der Waals surface area contributed by atoms with Gasteiger partial charge in [0.05, 0.1) is 5.71 Å². The minimum Gasteiger partial charge on any atom is -0.454 e. The van der Waals surface area contributed by atoms with Gasteiger partial charge in [-0.15, -0.1) is 0 Å². The average Bonchev–Trinajstić information content (AvgIpc) is 3.04. The zero-order valence-electron chi connectivity index (χ0n) is 11.6. The second kappa shape index (κ2) is 4.19. The molecule has 1 aliphatic carbocycles. The van der Waals surface area contributed by atoms with Crippen molar-refractivity contribution in [3.63, 3.8) is 0 Å². The first-order valence-electron chi connectivity index (χ1n) is 6.91. The smallest absolute Gasteiger partial charge is 0.334 e. The highest BCUT2D eigenvalue weighted by Crippen LogP contribution is 2.50. The molecule has 2 aliphatic rings. The van der Waals surface area contributed by atoms with Crippen LogP contribution in [0.15, 0.2) is 35.3 Å². The fraction of sp³-hybridized carbons (Fsp3) is 0.500. The van der Waals surface area contributed by atoms with E-state index in [0.717, 1.165) is 17.7 Å². The van der Waals surface area contributed by atoms with Crippen LogP contribution in [0.5, 0.6) is 0 Å². The highest BCUT2D eigenvalue weighted by Gasteiger charge is 2.62. The van der Waals surface area contributed by atoms with Crippen LogP contribution in [0.1, 0.15) is 32.8 Å². The highest BCUT2D eigenvalue weighted by molar-refractivity contribution is 6.09. The number of rotatable bonds is 2. The Morgan fingerprint density at radius 3 is 2.47 bits per heavy atom. The Labute approximate surface area is 113 Å². The summed E-state index contributed by atoms with van der Waals surface area (Å²) in [6, 6.07) is 10.0. The second-order valence-corrected chi connectivity index (χ2v) is 5.96. The first-order valence-corrected chi connectivity index (χ1v) is 6.91. The Morgan fingerprint density at radius 1 is 1.32 bits per heavy atom. The van der Waals surface area contributed by atoms with Crippen LogP contribution in [0, 0.1) is 11.8 Å². The number of hydrogen-bond donors (Lipinski definition) is 0. The molecule has 0 aromatic heterocycles. The Hall–Kier alpha value is -1.64. The van der Waals surface area contributed by atoms with Crippen LogP contribution in [-0.2, 0) is 9.53 Å². The first kappa shape index (κ1) is 12.4. The molecule has 0 bridgehead atoms. The van der Waals surface area contributed by atoms with Gasteiger partial charge in [0.15, 0.2) is 5.54 Å². The Morgan fingerprint density at radius 2 is 1.95 bits per heavy atom. The van der Waals surface area contributed by atoms with Gasteiger partial charge in [-0.05, 0) is 23.8 Å². The molecule has 0 N–H and O–H groups in total. The molecule has 0 radical (unpaired) electrons. The quantitative estimate of drug-likeness (QED) is 0.764. The van der Waals surface area contributed by atoms with Crippen LogP contribution in [0.25, 0.3) is 0 Å². The Bertz CT molecular complexity index is 535. The normalized spacial score (nSPS) is 33.3. The third-order valence-electron chi connectivity index (χ3n) is 4.12. The van der Waals surface area contributed by atoms with Crippen molar-refractivity contribution >= 4 is 11.7 Å². The summed E-state index contributed by atoms with van der Waals surface area (Å²) in [5.74, 6) is 0.388. The molecule has 3 nitrogen and oxygen atoms in total. The van der Waals surface area contributed by atoms with E-state index in [0.29, 0.717) is 5.92 Å². The lowest BCUT2D eigenvalue weighted by molar-refractivity contribution is -0.152. The van der Waals surface area contributed by atoms with Gasteiger partial charge in [0.2, 0.25) is 0 Å². The maximum absolute atomic E-state index is 12.2. The number of nitrogens with zero attached hydrogens (tertiary/aromatic N) is 1. The fourth-order valence-corrected chi connectivity index (χ4v) is 2.74. The molecule has 0 unspecified atom stereocenters. The Kier molecular flexibility index (Phi) is 2.73. The van der Waals surface area contributed by atoms with E-state index < -0.39 is 5.54 Å². The maximum Gasteiger partial charge on any atom is 0.334 e. The lowest BCUT2D eigenvalue weighted by Gasteiger charge is -2.30. The minimum absolute atomic E-state index is 0.140. The van der Waals surface area contributed by atoms with E-state index in [2.05, 4.69) is 20.8 Å². The summed E-state index contributed by atoms with van der Waals surface area (Å²) in [5.41, 5.74) is 1.41. The average molecular weight is 257 g/mol. The van der Waals surface area contributed by atoms with Crippen molar-refractivity contribution in [2.45, 2.75) is 38.8 Å². The topological polar surface area (TPSA) is 38.7 Å². The van der Waals surface area contributed by atoms with Crippen LogP contribution in [-0.4, -0.2) is 23.3 Å². The van der Waals surface area contributed by atoms with Crippen LogP contribution < -0.4 is 0 Å². The predicted octanol–water partition coefficient (Wildman–Crippen LogP) is 2.84. The molecule has 0 amide bonds. The third-order valence-corrected chi connectivity index (χ3v) is 4.12. The van der Waals surface area contributed by atoms with Crippen LogP contribution in [0.2, 0.25) is 0 Å². The number of carbonyl (C=O) groups is 1. The molecular weight excluding hydrogens is 238 g/mol. The predicted molar refractivity (Wildman–Crippen MR) is 74.2 cm³/mol. The summed E-state index contributed by atoms with van der Waals surface area (Å²) >= 11 is 0. The minimum atomic E-state index is -0.587. The molecule has 1 spiro atoms. The van der Waals surface area contributed by atoms with E-state index in [1.807, 2.05) is 30.3 Å². The summed E-state index contributed by atoms with van der Waals surface area (Å²) in [7, 11) is 0. The van der Waals surface area contributed by atoms with E-state index in [9.17, 15) is 4.79 Å². The fourth-order valence-electron chi connectivity index (χ4n) is 2.74. The van der Waals surface area contributed by atoms with Gasteiger partial charge in [0, 0.05) is 0 Å². The third kappa shape index (κ3) is 1.88. The molecule has 1 heterocycles. The Balaban J connectivity index is 2.06. The summed E-state index contributed by atoms with van der Waals surface area (Å²) < 4.78 is 5.69. The van der Waals surface area contributed by atoms with Crippen LogP contribution >= 0.6 is 0 Å². The molecule has 1 aromatic carbocycles. The number of benzene rings is 1. The van der Waals surface area contributed by atoms with Crippen LogP contribution in [0.3, 0.4) is 0 Å². The van der Waals surface area contributed by atoms with Crippen molar-refractivity contribution in [3.8, 4) is 0 Å². The number of ether oxygens (including phenoxy) is 1. The van der Waals surface area contributed by atoms with E-state index in [1.165, 1.54) is 0 Å². The zero-order chi connectivity index (χ0) is 13.6. The number of esters is 1. The van der Waals surface area contributed by atoms with E-state index in [4.69, 9.17) is 9.73 Å². The van der Waals surface area contributed by atoms with Gasteiger partial charge in [0.1, 0.15) is 6.10 Å². The molecule has 100 valence electrons. The van der Waals surface area contributed by atoms with E-state index in [-0.39, 0.29) is 18.0 Å². The largest absolute Gasteiger partial charge is 0.454 e. The van der Waals surface area contributed by atoms with Gasteiger partial charge in [0.25, 0.3) is 0 Å². The van der Waals surface area contributed by atoms with Crippen LogP contribution in [0.4, 0.5) is 0 Å². The molecule has 3 atom stereocenters. The van der Waals surface area contributed by atoms with Crippen molar-refractivity contribution in [1.82, 2.24) is 0 Å². The molecule has 1 fully saturated rings. The lowest BCUT2D eigenvalue weighted by atomic mass is 9.94. The molecule has 19 heavy (non-hydrogen) atoms. The number of cyclic esters (lactones) is 1. The molecule has 1 aliphatic heterocycles. The molecular formula is C16H19NO2. The molecule has 3 rings (SSSR count). The first-order chi connectivity index (χ1) is 9.04. The summed E-state index contributed by atoms with van der Waals surface area (Å²) in [6.45, 7) is 6.18.